The molecule has 0 spiro atoms. The molecule has 0 amide bonds. The van der Waals surface area contributed by atoms with Crippen LogP contribution in [0.5, 0.6) is 0 Å². The molecule has 1 rings (SSSR count). The third-order valence-corrected chi connectivity index (χ3v) is 2.46. The van der Waals surface area contributed by atoms with Gasteiger partial charge in [-0.25, -0.2) is 4.98 Å². The minimum absolute atomic E-state index is 0.381. The van der Waals surface area contributed by atoms with Gasteiger partial charge in [0.2, 0.25) is 0 Å². The van der Waals surface area contributed by atoms with E-state index in [1.807, 2.05) is 0 Å². The van der Waals surface area contributed by atoms with E-state index in [-0.39, 0.29) is 19.8 Å². The Bertz CT molecular complexity index is 310. The summed E-state index contributed by atoms with van der Waals surface area (Å²) in [6.07, 6.45) is 0. The van der Waals surface area contributed by atoms with E-state index >= 15 is 0 Å². The number of halogens is 1. The van der Waals surface area contributed by atoms with Crippen molar-refractivity contribution < 1.29 is 15.3 Å². The lowest BCUT2D eigenvalue weighted by atomic mass is 10.0. The van der Waals surface area contributed by atoms with Crippen LogP contribution in [0.3, 0.4) is 0 Å². The molecule has 1 aromatic heterocycles. The monoisotopic (exact) mass is 276 g/mol. The summed E-state index contributed by atoms with van der Waals surface area (Å²) in [4.78, 5) is 4.07. The number of aliphatic hydroxyl groups excluding tert-OH is 3. The number of aliphatic hydroxyl groups is 3. The highest BCUT2D eigenvalue weighted by atomic mass is 79.9. The van der Waals surface area contributed by atoms with E-state index in [1.165, 1.54) is 0 Å². The van der Waals surface area contributed by atoms with E-state index in [0.29, 0.717) is 10.4 Å². The second-order valence-electron chi connectivity index (χ2n) is 3.23. The van der Waals surface area contributed by atoms with Crippen molar-refractivity contribution in [2.45, 2.75) is 5.54 Å². The maximum absolute atomic E-state index is 9.09. The Labute approximate surface area is 95.9 Å². The van der Waals surface area contributed by atoms with Crippen molar-refractivity contribution in [3.8, 4) is 0 Å². The molecule has 1 heterocycles. The summed E-state index contributed by atoms with van der Waals surface area (Å²) in [6.45, 7) is -1.14. The average Bonchev–Trinajstić information content (AvgIpc) is 2.26. The van der Waals surface area contributed by atoms with Crippen LogP contribution in [0.15, 0.2) is 22.8 Å². The minimum Gasteiger partial charge on any atom is -0.394 e. The van der Waals surface area contributed by atoms with Crippen molar-refractivity contribution in [3.63, 3.8) is 0 Å². The fourth-order valence-corrected chi connectivity index (χ4v) is 1.36. The van der Waals surface area contributed by atoms with Crippen LogP contribution in [0.4, 0.5) is 5.82 Å². The van der Waals surface area contributed by atoms with Crippen LogP contribution >= 0.6 is 15.9 Å². The maximum Gasteiger partial charge on any atom is 0.127 e. The quantitative estimate of drug-likeness (QED) is 0.568. The van der Waals surface area contributed by atoms with Gasteiger partial charge in [-0.05, 0) is 28.1 Å². The summed E-state index contributed by atoms with van der Waals surface area (Å²) in [5, 5.41) is 30.0. The lowest BCUT2D eigenvalue weighted by molar-refractivity contribution is 0.0831. The van der Waals surface area contributed by atoms with Gasteiger partial charge in [-0.1, -0.05) is 6.07 Å². The highest BCUT2D eigenvalue weighted by Gasteiger charge is 2.28. The molecular formula is C9H13BrN2O3. The molecule has 0 unspecified atom stereocenters. The molecule has 0 saturated carbocycles. The topological polar surface area (TPSA) is 85.6 Å². The van der Waals surface area contributed by atoms with Crippen LogP contribution < -0.4 is 5.32 Å². The molecule has 15 heavy (non-hydrogen) atoms. The summed E-state index contributed by atoms with van der Waals surface area (Å²) in [7, 11) is 0. The van der Waals surface area contributed by atoms with Gasteiger partial charge < -0.3 is 20.6 Å². The van der Waals surface area contributed by atoms with Gasteiger partial charge in [0, 0.05) is 0 Å². The first-order valence-electron chi connectivity index (χ1n) is 4.39. The summed E-state index contributed by atoms with van der Waals surface area (Å²) in [5.74, 6) is 0.474. The van der Waals surface area contributed by atoms with E-state index in [0.717, 1.165) is 0 Å². The second-order valence-corrected chi connectivity index (χ2v) is 4.04. The molecule has 0 fully saturated rings. The minimum atomic E-state index is -1.15. The molecule has 5 nitrogen and oxygen atoms in total. The number of nitrogens with zero attached hydrogens (tertiary/aromatic N) is 1. The number of nitrogens with one attached hydrogen (secondary N) is 1. The van der Waals surface area contributed by atoms with Crippen LogP contribution in [0.1, 0.15) is 0 Å². The molecule has 0 atom stereocenters. The summed E-state index contributed by atoms with van der Waals surface area (Å²) in [5.41, 5.74) is -1.15. The third kappa shape index (κ3) is 3.13. The molecule has 0 bridgehead atoms. The van der Waals surface area contributed by atoms with Gasteiger partial charge in [-0.2, -0.15) is 0 Å². The first-order valence-corrected chi connectivity index (χ1v) is 5.18. The number of aromatic nitrogens is 1. The van der Waals surface area contributed by atoms with Crippen molar-refractivity contribution in [3.05, 3.63) is 22.8 Å². The molecule has 0 aliphatic heterocycles. The molecule has 1 aromatic rings. The van der Waals surface area contributed by atoms with Gasteiger partial charge in [0.25, 0.3) is 0 Å². The number of anilines is 1. The molecule has 0 aromatic carbocycles. The van der Waals surface area contributed by atoms with Gasteiger partial charge in [-0.3, -0.25) is 0 Å². The van der Waals surface area contributed by atoms with Crippen LogP contribution in [0.2, 0.25) is 0 Å². The molecule has 0 aliphatic rings. The summed E-state index contributed by atoms with van der Waals surface area (Å²) >= 11 is 3.20. The van der Waals surface area contributed by atoms with Crippen LogP contribution in [-0.4, -0.2) is 45.7 Å². The van der Waals surface area contributed by atoms with Crippen LogP contribution in [0.25, 0.3) is 0 Å². The van der Waals surface area contributed by atoms with Crippen molar-refractivity contribution in [1.29, 1.82) is 0 Å². The van der Waals surface area contributed by atoms with Crippen molar-refractivity contribution in [1.82, 2.24) is 4.98 Å². The Morgan fingerprint density at radius 1 is 1.20 bits per heavy atom. The molecule has 6 heteroatoms. The standard InChI is InChI=1S/C9H13BrN2O3/c10-7-2-1-3-8(11-7)12-9(4-13,5-14)6-15/h1-3,13-15H,4-6H2,(H,11,12). The predicted octanol–water partition coefficient (Wildman–Crippen LogP) is -0.0283. The molecule has 84 valence electrons. The van der Waals surface area contributed by atoms with E-state index in [2.05, 4.69) is 26.2 Å². The maximum atomic E-state index is 9.09. The fourth-order valence-electron chi connectivity index (χ4n) is 1.02. The summed E-state index contributed by atoms with van der Waals surface area (Å²) in [6, 6.07) is 5.19. The van der Waals surface area contributed by atoms with Crippen molar-refractivity contribution >= 4 is 21.7 Å². The number of hydrogen-bond acceptors (Lipinski definition) is 5. The Hall–Kier alpha value is -0.690. The molecule has 0 radical (unpaired) electrons. The summed E-state index contributed by atoms with van der Waals surface area (Å²) < 4.78 is 0.634. The predicted molar refractivity (Wildman–Crippen MR) is 59.5 cm³/mol. The van der Waals surface area contributed by atoms with Gasteiger partial charge in [0.1, 0.15) is 16.0 Å². The van der Waals surface area contributed by atoms with Gasteiger partial charge in [0.05, 0.1) is 19.8 Å². The van der Waals surface area contributed by atoms with Crippen LogP contribution in [-0.2, 0) is 0 Å². The first kappa shape index (κ1) is 12.4. The normalized spacial score (nSPS) is 11.5. The second kappa shape index (κ2) is 5.41. The lowest BCUT2D eigenvalue weighted by Crippen LogP contribution is -2.49. The zero-order valence-electron chi connectivity index (χ0n) is 8.02. The lowest BCUT2D eigenvalue weighted by Gasteiger charge is -2.29. The number of rotatable bonds is 5. The molecule has 0 aliphatic carbocycles. The van der Waals surface area contributed by atoms with Gasteiger partial charge >= 0.3 is 0 Å². The van der Waals surface area contributed by atoms with Crippen LogP contribution in [0, 0.1) is 0 Å². The van der Waals surface area contributed by atoms with E-state index < -0.39 is 5.54 Å². The zero-order chi connectivity index (χ0) is 11.3. The number of pyridine rings is 1. The molecule has 0 saturated heterocycles. The Morgan fingerprint density at radius 3 is 2.27 bits per heavy atom. The smallest absolute Gasteiger partial charge is 0.127 e. The van der Waals surface area contributed by atoms with Crippen molar-refractivity contribution in [2.24, 2.45) is 0 Å². The van der Waals surface area contributed by atoms with Crippen molar-refractivity contribution in [2.75, 3.05) is 25.1 Å². The van der Waals surface area contributed by atoms with E-state index in [1.54, 1.807) is 18.2 Å². The largest absolute Gasteiger partial charge is 0.394 e. The Kier molecular flexibility index (Phi) is 4.46. The van der Waals surface area contributed by atoms with Gasteiger partial charge in [-0.15, -0.1) is 0 Å². The highest BCUT2D eigenvalue weighted by Crippen LogP contribution is 2.15. The van der Waals surface area contributed by atoms with E-state index in [9.17, 15) is 0 Å². The SMILES string of the molecule is OCC(CO)(CO)Nc1cccc(Br)n1. The highest BCUT2D eigenvalue weighted by molar-refractivity contribution is 9.10. The first-order chi connectivity index (χ1) is 7.15. The fraction of sp³-hybridized carbons (Fsp3) is 0.444. The molecule has 4 N–H and O–H groups in total. The number of hydrogen-bond donors (Lipinski definition) is 4. The Balaban J connectivity index is 2.82. The molecular weight excluding hydrogens is 264 g/mol. The zero-order valence-corrected chi connectivity index (χ0v) is 9.61. The van der Waals surface area contributed by atoms with Gasteiger partial charge in [0.15, 0.2) is 0 Å². The Morgan fingerprint density at radius 2 is 1.80 bits per heavy atom. The average molecular weight is 277 g/mol. The van der Waals surface area contributed by atoms with E-state index in [4.69, 9.17) is 15.3 Å². The third-order valence-electron chi connectivity index (χ3n) is 2.02.